The zero-order chi connectivity index (χ0) is 15.7. The SMILES string of the molecule is Cc1cccc(C)c1N1C(=O)C[C@@H](NN2CCOCC2)C1=O. The van der Waals surface area contributed by atoms with E-state index in [-0.39, 0.29) is 18.2 Å². The average Bonchev–Trinajstić information content (AvgIpc) is 2.76. The molecule has 3 rings (SSSR count). The van der Waals surface area contributed by atoms with E-state index in [1.807, 2.05) is 37.1 Å². The van der Waals surface area contributed by atoms with E-state index in [2.05, 4.69) is 5.43 Å². The number of para-hydroxylation sites is 1. The van der Waals surface area contributed by atoms with E-state index < -0.39 is 6.04 Å². The zero-order valence-electron chi connectivity index (χ0n) is 13.0. The Morgan fingerprint density at radius 1 is 1.14 bits per heavy atom. The summed E-state index contributed by atoms with van der Waals surface area (Å²) in [6.07, 6.45) is 0.198. The molecule has 2 aliphatic heterocycles. The Kier molecular flexibility index (Phi) is 4.24. The number of amides is 2. The highest BCUT2D eigenvalue weighted by atomic mass is 16.5. The van der Waals surface area contributed by atoms with Crippen LogP contribution in [0.25, 0.3) is 0 Å². The summed E-state index contributed by atoms with van der Waals surface area (Å²) in [4.78, 5) is 26.4. The lowest BCUT2D eigenvalue weighted by Crippen LogP contribution is -2.52. The number of anilines is 1. The molecular weight excluding hydrogens is 282 g/mol. The molecule has 1 aromatic carbocycles. The van der Waals surface area contributed by atoms with Gasteiger partial charge in [0, 0.05) is 13.1 Å². The van der Waals surface area contributed by atoms with E-state index in [9.17, 15) is 9.59 Å². The second-order valence-electron chi connectivity index (χ2n) is 5.79. The summed E-state index contributed by atoms with van der Waals surface area (Å²) in [6, 6.07) is 5.30. The number of hydrogen-bond donors (Lipinski definition) is 1. The number of hydrazine groups is 1. The van der Waals surface area contributed by atoms with Crippen LogP contribution < -0.4 is 10.3 Å². The first-order valence-corrected chi connectivity index (χ1v) is 7.60. The van der Waals surface area contributed by atoms with E-state index in [0.717, 1.165) is 29.9 Å². The van der Waals surface area contributed by atoms with Gasteiger partial charge in [-0.05, 0) is 25.0 Å². The summed E-state index contributed by atoms with van der Waals surface area (Å²) in [5, 5.41) is 1.97. The van der Waals surface area contributed by atoms with Crippen LogP contribution in [-0.4, -0.2) is 49.2 Å². The number of nitrogens with zero attached hydrogens (tertiary/aromatic N) is 2. The highest BCUT2D eigenvalue weighted by molar-refractivity contribution is 6.23. The Labute approximate surface area is 130 Å². The summed E-state index contributed by atoms with van der Waals surface area (Å²) in [5.74, 6) is -0.318. The molecule has 0 aromatic heterocycles. The maximum atomic E-state index is 12.7. The molecule has 6 heteroatoms. The van der Waals surface area contributed by atoms with Crippen LogP contribution in [-0.2, 0) is 14.3 Å². The van der Waals surface area contributed by atoms with Crippen molar-refractivity contribution in [3.63, 3.8) is 0 Å². The lowest BCUT2D eigenvalue weighted by atomic mass is 10.1. The molecule has 2 heterocycles. The van der Waals surface area contributed by atoms with E-state index in [1.54, 1.807) is 0 Å². The van der Waals surface area contributed by atoms with Gasteiger partial charge in [-0.15, -0.1) is 0 Å². The number of nitrogens with one attached hydrogen (secondary N) is 1. The Bertz CT molecular complexity index is 576. The van der Waals surface area contributed by atoms with Gasteiger partial charge >= 0.3 is 0 Å². The monoisotopic (exact) mass is 303 g/mol. The van der Waals surface area contributed by atoms with Crippen molar-refractivity contribution in [2.45, 2.75) is 26.3 Å². The Morgan fingerprint density at radius 3 is 2.41 bits per heavy atom. The van der Waals surface area contributed by atoms with Crippen molar-refractivity contribution in [1.29, 1.82) is 0 Å². The van der Waals surface area contributed by atoms with E-state index in [4.69, 9.17) is 4.74 Å². The fourth-order valence-corrected chi connectivity index (χ4v) is 3.04. The second-order valence-corrected chi connectivity index (χ2v) is 5.79. The number of carbonyl (C=O) groups excluding carboxylic acids is 2. The number of imide groups is 1. The lowest BCUT2D eigenvalue weighted by Gasteiger charge is -2.29. The van der Waals surface area contributed by atoms with Gasteiger partial charge in [0.05, 0.1) is 25.3 Å². The fraction of sp³-hybridized carbons (Fsp3) is 0.500. The van der Waals surface area contributed by atoms with Crippen molar-refractivity contribution < 1.29 is 14.3 Å². The number of hydrogen-bond acceptors (Lipinski definition) is 5. The van der Waals surface area contributed by atoms with Crippen molar-refractivity contribution >= 4 is 17.5 Å². The molecule has 2 aliphatic rings. The average molecular weight is 303 g/mol. The van der Waals surface area contributed by atoms with Crippen LogP contribution in [0.15, 0.2) is 18.2 Å². The van der Waals surface area contributed by atoms with Crippen LogP contribution in [0, 0.1) is 13.8 Å². The third kappa shape index (κ3) is 2.77. The molecule has 2 fully saturated rings. The van der Waals surface area contributed by atoms with Gasteiger partial charge in [0.1, 0.15) is 6.04 Å². The van der Waals surface area contributed by atoms with Crippen LogP contribution in [0.5, 0.6) is 0 Å². The van der Waals surface area contributed by atoms with Gasteiger partial charge in [0.15, 0.2) is 0 Å². The molecule has 6 nitrogen and oxygen atoms in total. The largest absolute Gasteiger partial charge is 0.379 e. The maximum absolute atomic E-state index is 12.7. The van der Waals surface area contributed by atoms with Gasteiger partial charge in [-0.2, -0.15) is 0 Å². The lowest BCUT2D eigenvalue weighted by molar-refractivity contribution is -0.122. The van der Waals surface area contributed by atoms with Crippen molar-refractivity contribution in [3.05, 3.63) is 29.3 Å². The molecule has 0 spiro atoms. The number of rotatable bonds is 3. The first kappa shape index (κ1) is 15.1. The number of ether oxygens (including phenoxy) is 1. The van der Waals surface area contributed by atoms with Crippen molar-refractivity contribution in [3.8, 4) is 0 Å². The summed E-state index contributed by atoms with van der Waals surface area (Å²) >= 11 is 0. The molecule has 0 radical (unpaired) electrons. The number of aryl methyl sites for hydroxylation is 2. The minimum absolute atomic E-state index is 0.145. The third-order valence-corrected chi connectivity index (χ3v) is 4.16. The zero-order valence-corrected chi connectivity index (χ0v) is 13.0. The Balaban J connectivity index is 1.79. The molecule has 0 saturated carbocycles. The molecule has 0 unspecified atom stereocenters. The maximum Gasteiger partial charge on any atom is 0.252 e. The third-order valence-electron chi connectivity index (χ3n) is 4.16. The molecule has 118 valence electrons. The van der Waals surface area contributed by atoms with Gasteiger partial charge < -0.3 is 4.74 Å². The van der Waals surface area contributed by atoms with Crippen LogP contribution in [0.4, 0.5) is 5.69 Å². The predicted octanol–water partition coefficient (Wildman–Crippen LogP) is 0.772. The highest BCUT2D eigenvalue weighted by Gasteiger charge is 2.41. The Hall–Kier alpha value is -1.76. The van der Waals surface area contributed by atoms with Crippen molar-refractivity contribution in [1.82, 2.24) is 10.4 Å². The quantitative estimate of drug-likeness (QED) is 0.836. The smallest absolute Gasteiger partial charge is 0.252 e. The minimum Gasteiger partial charge on any atom is -0.379 e. The molecule has 0 bridgehead atoms. The molecule has 1 aromatic rings. The topological polar surface area (TPSA) is 61.9 Å². The number of morpholine rings is 1. The summed E-state index contributed by atoms with van der Waals surface area (Å²) in [6.45, 7) is 6.57. The normalized spacial score (nSPS) is 23.4. The Morgan fingerprint density at radius 2 is 1.77 bits per heavy atom. The van der Waals surface area contributed by atoms with Crippen molar-refractivity contribution in [2.24, 2.45) is 0 Å². The summed E-state index contributed by atoms with van der Waals surface area (Å²) in [7, 11) is 0. The first-order valence-electron chi connectivity index (χ1n) is 7.60. The van der Waals surface area contributed by atoms with Gasteiger partial charge in [-0.25, -0.2) is 15.3 Å². The van der Waals surface area contributed by atoms with Gasteiger partial charge in [-0.3, -0.25) is 9.59 Å². The molecule has 1 atom stereocenters. The molecule has 0 aliphatic carbocycles. The van der Waals surface area contributed by atoms with Gasteiger partial charge in [-0.1, -0.05) is 18.2 Å². The van der Waals surface area contributed by atoms with Crippen LogP contribution in [0.3, 0.4) is 0 Å². The molecule has 1 N–H and O–H groups in total. The minimum atomic E-state index is -0.482. The summed E-state index contributed by atoms with van der Waals surface area (Å²) < 4.78 is 5.29. The van der Waals surface area contributed by atoms with E-state index in [0.29, 0.717) is 13.2 Å². The fourth-order valence-electron chi connectivity index (χ4n) is 3.04. The predicted molar refractivity (Wildman–Crippen MR) is 82.3 cm³/mol. The van der Waals surface area contributed by atoms with Gasteiger partial charge in [0.2, 0.25) is 5.91 Å². The van der Waals surface area contributed by atoms with Crippen LogP contribution >= 0.6 is 0 Å². The molecule has 22 heavy (non-hydrogen) atoms. The number of benzene rings is 1. The molecule has 2 saturated heterocycles. The van der Waals surface area contributed by atoms with E-state index in [1.165, 1.54) is 4.90 Å². The molecular formula is C16H21N3O3. The second kappa shape index (κ2) is 6.16. The number of carbonyl (C=O) groups is 2. The van der Waals surface area contributed by atoms with Crippen LogP contribution in [0.1, 0.15) is 17.5 Å². The van der Waals surface area contributed by atoms with Crippen molar-refractivity contribution in [2.75, 3.05) is 31.2 Å². The van der Waals surface area contributed by atoms with E-state index >= 15 is 0 Å². The summed E-state index contributed by atoms with van der Waals surface area (Å²) in [5.41, 5.74) is 5.78. The first-order chi connectivity index (χ1) is 10.6. The van der Waals surface area contributed by atoms with Gasteiger partial charge in [0.25, 0.3) is 5.91 Å². The molecule has 2 amide bonds. The standard InChI is InChI=1S/C16H21N3O3/c1-11-4-3-5-12(2)15(11)19-14(20)10-13(16(19)21)17-18-6-8-22-9-7-18/h3-5,13,17H,6-10H2,1-2H3/t13-/m1/s1. The highest BCUT2D eigenvalue weighted by Crippen LogP contribution is 2.29. The van der Waals surface area contributed by atoms with Crippen LogP contribution in [0.2, 0.25) is 0 Å².